The van der Waals surface area contributed by atoms with E-state index in [9.17, 15) is 20.2 Å². The third-order valence-electron chi connectivity index (χ3n) is 2.13. The molecule has 1 saturated carbocycles. The van der Waals surface area contributed by atoms with E-state index in [4.69, 9.17) is 5.21 Å². The molecule has 0 radical (unpaired) electrons. The van der Waals surface area contributed by atoms with E-state index in [-0.39, 0.29) is 18.6 Å². The van der Waals surface area contributed by atoms with Crippen LogP contribution in [0.2, 0.25) is 0 Å². The van der Waals surface area contributed by atoms with Crippen LogP contribution in [-0.4, -0.2) is 26.4 Å². The van der Waals surface area contributed by atoms with E-state index >= 15 is 0 Å². The molecule has 0 amide bonds. The van der Waals surface area contributed by atoms with Gasteiger partial charge >= 0.3 is 5.66 Å². The summed E-state index contributed by atoms with van der Waals surface area (Å²) >= 11 is 0. The minimum Gasteiger partial charge on any atom is -0.410 e. The van der Waals surface area contributed by atoms with Crippen molar-refractivity contribution in [3.8, 4) is 0 Å². The van der Waals surface area contributed by atoms with Crippen molar-refractivity contribution in [1.82, 2.24) is 0 Å². The van der Waals surface area contributed by atoms with Crippen LogP contribution >= 0.6 is 0 Å². The molecule has 0 atom stereocenters. The molecule has 72 valence electrons. The second-order valence-corrected chi connectivity index (χ2v) is 2.73. The normalized spacial score (nSPS) is 23.2. The molecule has 8 heteroatoms. The fourth-order valence-electron chi connectivity index (χ4n) is 1.44. The molecule has 0 saturated heterocycles. The summed E-state index contributed by atoms with van der Waals surface area (Å²) in [5.74, 6) is 0. The minimum absolute atomic E-state index is 0.0957. The van der Waals surface area contributed by atoms with Crippen molar-refractivity contribution in [3.63, 3.8) is 0 Å². The van der Waals surface area contributed by atoms with Gasteiger partial charge in [-0.1, -0.05) is 5.16 Å². The van der Waals surface area contributed by atoms with Crippen LogP contribution in [0.25, 0.3) is 0 Å². The van der Waals surface area contributed by atoms with Gasteiger partial charge in [0, 0.05) is 6.42 Å². The molecular weight excluding hydrogens is 182 g/mol. The summed E-state index contributed by atoms with van der Waals surface area (Å²) in [5, 5.41) is 32.0. The van der Waals surface area contributed by atoms with Crippen LogP contribution < -0.4 is 0 Å². The van der Waals surface area contributed by atoms with E-state index in [1.807, 2.05) is 0 Å². The lowest BCUT2D eigenvalue weighted by molar-refractivity contribution is -0.771. The Morgan fingerprint density at radius 3 is 2.23 bits per heavy atom. The number of hydrogen-bond acceptors (Lipinski definition) is 6. The second kappa shape index (κ2) is 2.96. The van der Waals surface area contributed by atoms with Gasteiger partial charge in [-0.2, -0.15) is 0 Å². The number of rotatable bonds is 2. The van der Waals surface area contributed by atoms with Crippen molar-refractivity contribution in [3.05, 3.63) is 20.2 Å². The van der Waals surface area contributed by atoms with Crippen LogP contribution in [0.4, 0.5) is 0 Å². The zero-order chi connectivity index (χ0) is 10.1. The third-order valence-corrected chi connectivity index (χ3v) is 2.13. The first-order valence-electron chi connectivity index (χ1n) is 3.56. The summed E-state index contributed by atoms with van der Waals surface area (Å²) in [4.78, 5) is 19.0. The Kier molecular flexibility index (Phi) is 2.13. The smallest absolute Gasteiger partial charge is 0.410 e. The fraction of sp³-hybridized carbons (Fsp3) is 0.800. The zero-order valence-corrected chi connectivity index (χ0v) is 6.54. The Hall–Kier alpha value is -1.73. The SMILES string of the molecule is O=[N+]([O-])C1([N+](=O)[O-])CCC/C1=N\O. The fourth-order valence-corrected chi connectivity index (χ4v) is 1.44. The van der Waals surface area contributed by atoms with Crippen molar-refractivity contribution in [2.45, 2.75) is 24.9 Å². The molecule has 1 rings (SSSR count). The highest BCUT2D eigenvalue weighted by Gasteiger charge is 2.64. The van der Waals surface area contributed by atoms with Crippen molar-refractivity contribution >= 4 is 5.71 Å². The Labute approximate surface area is 72.1 Å². The summed E-state index contributed by atoms with van der Waals surface area (Å²) in [7, 11) is 0. The molecule has 0 aromatic heterocycles. The Bertz CT molecular complexity index is 272. The van der Waals surface area contributed by atoms with Crippen LogP contribution in [0.3, 0.4) is 0 Å². The summed E-state index contributed by atoms with van der Waals surface area (Å²) in [6.45, 7) is 0. The molecule has 1 aliphatic rings. The molecule has 1 fully saturated rings. The van der Waals surface area contributed by atoms with Crippen molar-refractivity contribution in [2.24, 2.45) is 5.16 Å². The van der Waals surface area contributed by atoms with Crippen LogP contribution in [0.15, 0.2) is 5.16 Å². The van der Waals surface area contributed by atoms with Gasteiger partial charge in [0.2, 0.25) is 5.71 Å². The van der Waals surface area contributed by atoms with E-state index in [1.165, 1.54) is 0 Å². The number of hydrogen-bond donors (Lipinski definition) is 1. The summed E-state index contributed by atoms with van der Waals surface area (Å²) < 4.78 is 0. The Morgan fingerprint density at radius 1 is 1.38 bits per heavy atom. The highest BCUT2D eigenvalue weighted by atomic mass is 16.7. The lowest BCUT2D eigenvalue weighted by Gasteiger charge is -2.09. The van der Waals surface area contributed by atoms with E-state index in [2.05, 4.69) is 5.16 Å². The predicted octanol–water partition coefficient (Wildman–Crippen LogP) is 0.250. The maximum Gasteiger partial charge on any atom is 0.500 e. The molecular formula is C5H7N3O5. The molecule has 0 aliphatic heterocycles. The first-order chi connectivity index (χ1) is 6.05. The largest absolute Gasteiger partial charge is 0.500 e. The molecule has 1 N–H and O–H groups in total. The molecule has 8 nitrogen and oxygen atoms in total. The molecule has 13 heavy (non-hydrogen) atoms. The number of oxime groups is 1. The zero-order valence-electron chi connectivity index (χ0n) is 6.54. The highest BCUT2D eigenvalue weighted by Crippen LogP contribution is 2.30. The highest BCUT2D eigenvalue weighted by molar-refractivity contribution is 5.92. The first-order valence-corrected chi connectivity index (χ1v) is 3.56. The van der Waals surface area contributed by atoms with Gasteiger partial charge in [-0.05, 0) is 6.42 Å². The molecule has 0 spiro atoms. The molecule has 0 aromatic rings. The summed E-state index contributed by atoms with van der Waals surface area (Å²) in [6.07, 6.45) is 0.173. The van der Waals surface area contributed by atoms with E-state index in [1.54, 1.807) is 0 Å². The topological polar surface area (TPSA) is 119 Å². The lowest BCUT2D eigenvalue weighted by atomic mass is 10.1. The number of nitro groups is 2. The quantitative estimate of drug-likeness (QED) is 0.289. The van der Waals surface area contributed by atoms with Crippen LogP contribution in [-0.2, 0) is 0 Å². The molecule has 0 bridgehead atoms. The van der Waals surface area contributed by atoms with Crippen LogP contribution in [0, 0.1) is 20.2 Å². The number of nitrogens with zero attached hydrogens (tertiary/aromatic N) is 3. The van der Waals surface area contributed by atoms with Gasteiger partial charge in [-0.3, -0.25) is 20.2 Å². The Morgan fingerprint density at radius 2 is 1.92 bits per heavy atom. The maximum absolute atomic E-state index is 10.5. The first kappa shape index (κ1) is 9.36. The second-order valence-electron chi connectivity index (χ2n) is 2.73. The standard InChI is InChI=1S/C5H7N3O5/c9-6-4-2-1-3-5(4,7(10)11)8(12)13/h9H,1-3H2/b6-4+. The monoisotopic (exact) mass is 189 g/mol. The van der Waals surface area contributed by atoms with Gasteiger partial charge in [-0.25, -0.2) is 0 Å². The van der Waals surface area contributed by atoms with Gasteiger partial charge in [0.15, 0.2) is 0 Å². The van der Waals surface area contributed by atoms with Crippen molar-refractivity contribution in [2.75, 3.05) is 0 Å². The summed E-state index contributed by atoms with van der Waals surface area (Å²) in [6, 6.07) is 0. The minimum atomic E-state index is -2.39. The molecule has 1 aliphatic carbocycles. The molecule has 0 aromatic carbocycles. The third kappa shape index (κ3) is 1.10. The Balaban J connectivity index is 3.18. The average Bonchev–Trinajstić information content (AvgIpc) is 2.47. The lowest BCUT2D eigenvalue weighted by Crippen LogP contribution is -2.49. The molecule has 0 heterocycles. The van der Waals surface area contributed by atoms with Gasteiger partial charge in [0.05, 0.1) is 6.42 Å². The van der Waals surface area contributed by atoms with Crippen molar-refractivity contribution < 1.29 is 15.1 Å². The van der Waals surface area contributed by atoms with Gasteiger partial charge < -0.3 is 5.21 Å². The van der Waals surface area contributed by atoms with Gasteiger partial charge in [-0.15, -0.1) is 0 Å². The maximum atomic E-state index is 10.5. The van der Waals surface area contributed by atoms with E-state index in [0.29, 0.717) is 6.42 Å². The van der Waals surface area contributed by atoms with Crippen LogP contribution in [0.1, 0.15) is 19.3 Å². The van der Waals surface area contributed by atoms with Crippen molar-refractivity contribution in [1.29, 1.82) is 0 Å². The van der Waals surface area contributed by atoms with E-state index in [0.717, 1.165) is 0 Å². The van der Waals surface area contributed by atoms with Crippen LogP contribution in [0.5, 0.6) is 0 Å². The molecule has 0 unspecified atom stereocenters. The summed E-state index contributed by atoms with van der Waals surface area (Å²) in [5.41, 5.74) is -2.77. The van der Waals surface area contributed by atoms with Gasteiger partial charge in [0.1, 0.15) is 9.85 Å². The predicted molar refractivity (Wildman–Crippen MR) is 39.8 cm³/mol. The van der Waals surface area contributed by atoms with Gasteiger partial charge in [0.25, 0.3) is 0 Å². The van der Waals surface area contributed by atoms with E-state index < -0.39 is 15.5 Å². The average molecular weight is 189 g/mol.